The third-order valence-electron chi connectivity index (χ3n) is 7.23. The topological polar surface area (TPSA) is 42.0 Å². The van der Waals surface area contributed by atoms with Crippen molar-refractivity contribution in [2.45, 2.75) is 44.6 Å². The van der Waals surface area contributed by atoms with Crippen LogP contribution in [-0.2, 0) is 4.79 Å². The molecule has 1 saturated heterocycles. The van der Waals surface area contributed by atoms with Crippen LogP contribution in [-0.4, -0.2) is 16.9 Å². The zero-order valence-corrected chi connectivity index (χ0v) is 16.6. The Bertz CT molecular complexity index is 923. The van der Waals surface area contributed by atoms with E-state index < -0.39 is 0 Å². The smallest absolute Gasteiger partial charge is 0.220 e. The number of nitrogens with one attached hydrogen (secondary N) is 1. The normalized spacial score (nSPS) is 31.3. The number of fused-ring (bicyclic) bond motifs is 2. The van der Waals surface area contributed by atoms with Crippen LogP contribution in [0.2, 0.25) is 0 Å². The molecule has 150 valence electrons. The van der Waals surface area contributed by atoms with Crippen molar-refractivity contribution in [2.24, 2.45) is 23.7 Å². The third-order valence-corrected chi connectivity index (χ3v) is 7.23. The zero-order chi connectivity index (χ0) is 19.8. The Labute approximate surface area is 171 Å². The van der Waals surface area contributed by atoms with Gasteiger partial charge >= 0.3 is 0 Å². The van der Waals surface area contributed by atoms with E-state index >= 15 is 0 Å². The Kier molecular flexibility index (Phi) is 4.94. The number of halogens is 1. The van der Waals surface area contributed by atoms with Crippen molar-refractivity contribution >= 4 is 12.0 Å². The van der Waals surface area contributed by atoms with Gasteiger partial charge in [-0.25, -0.2) is 4.39 Å². The Morgan fingerprint density at radius 2 is 1.97 bits per heavy atom. The van der Waals surface area contributed by atoms with Gasteiger partial charge in [-0.3, -0.25) is 9.78 Å². The minimum atomic E-state index is -0.236. The second-order valence-electron chi connectivity index (χ2n) is 8.90. The van der Waals surface area contributed by atoms with Crippen molar-refractivity contribution in [2.75, 3.05) is 0 Å². The summed E-state index contributed by atoms with van der Waals surface area (Å²) in [5.41, 5.74) is 2.66. The van der Waals surface area contributed by atoms with Crippen LogP contribution >= 0.6 is 0 Å². The van der Waals surface area contributed by atoms with Crippen molar-refractivity contribution in [1.29, 1.82) is 0 Å². The molecule has 1 aromatic heterocycles. The molecule has 3 aliphatic rings. The Hall–Kier alpha value is -2.49. The maximum atomic E-state index is 13.5. The molecule has 2 heterocycles. The number of aromatic nitrogens is 1. The highest BCUT2D eigenvalue weighted by atomic mass is 19.1. The third kappa shape index (κ3) is 3.73. The lowest BCUT2D eigenvalue weighted by Crippen LogP contribution is -2.45. The highest BCUT2D eigenvalue weighted by molar-refractivity contribution is 5.79. The molecule has 1 aliphatic heterocycles. The number of nitrogens with zero attached hydrogens (tertiary/aromatic N) is 1. The molecule has 2 aromatic rings. The van der Waals surface area contributed by atoms with Crippen molar-refractivity contribution in [1.82, 2.24) is 10.3 Å². The second-order valence-corrected chi connectivity index (χ2v) is 8.90. The molecule has 2 aliphatic carbocycles. The molecular weight excluding hydrogens is 363 g/mol. The van der Waals surface area contributed by atoms with Gasteiger partial charge in [0.25, 0.3) is 0 Å². The minimum absolute atomic E-state index is 0.217. The fraction of sp³-hybridized carbons (Fsp3) is 0.440. The number of hydrogen-bond donors (Lipinski definition) is 1. The minimum Gasteiger partial charge on any atom is -0.353 e. The molecule has 1 aromatic carbocycles. The largest absolute Gasteiger partial charge is 0.353 e. The summed E-state index contributed by atoms with van der Waals surface area (Å²) in [4.78, 5) is 16.6. The van der Waals surface area contributed by atoms with Crippen LogP contribution in [0.4, 0.5) is 4.39 Å². The zero-order valence-electron chi connectivity index (χ0n) is 16.6. The lowest BCUT2D eigenvalue weighted by atomic mass is 9.60. The Morgan fingerprint density at radius 3 is 2.79 bits per heavy atom. The molecule has 5 rings (SSSR count). The summed E-state index contributed by atoms with van der Waals surface area (Å²) in [7, 11) is 0. The molecular formula is C25H27FN2O. The summed E-state index contributed by atoms with van der Waals surface area (Å²) in [5, 5.41) is 3.23. The molecule has 0 unspecified atom stereocenters. The average Bonchev–Trinajstić information content (AvgIpc) is 3.11. The maximum absolute atomic E-state index is 13.5. The number of carbonyl (C=O) groups excluding carboxylic acids is 1. The quantitative estimate of drug-likeness (QED) is 0.779. The Balaban J connectivity index is 1.37. The number of amides is 1. The van der Waals surface area contributed by atoms with Crippen LogP contribution in [0, 0.1) is 29.5 Å². The van der Waals surface area contributed by atoms with Crippen molar-refractivity contribution in [3.63, 3.8) is 0 Å². The lowest BCUT2D eigenvalue weighted by molar-refractivity contribution is -0.119. The summed E-state index contributed by atoms with van der Waals surface area (Å²) in [6.45, 7) is 0. The number of rotatable bonds is 3. The molecule has 2 saturated carbocycles. The second kappa shape index (κ2) is 7.74. The van der Waals surface area contributed by atoms with Gasteiger partial charge in [0.15, 0.2) is 0 Å². The van der Waals surface area contributed by atoms with Gasteiger partial charge in [0.2, 0.25) is 5.91 Å². The van der Waals surface area contributed by atoms with Crippen LogP contribution in [0.15, 0.2) is 48.7 Å². The fourth-order valence-electron chi connectivity index (χ4n) is 5.88. The number of carbonyl (C=O) groups is 1. The highest BCUT2D eigenvalue weighted by Crippen LogP contribution is 2.49. The van der Waals surface area contributed by atoms with E-state index in [9.17, 15) is 9.18 Å². The number of benzene rings is 1. The van der Waals surface area contributed by atoms with Gasteiger partial charge in [0.05, 0.1) is 5.69 Å². The Morgan fingerprint density at radius 1 is 1.07 bits per heavy atom. The molecule has 0 radical (unpaired) electrons. The van der Waals surface area contributed by atoms with E-state index in [-0.39, 0.29) is 11.7 Å². The van der Waals surface area contributed by atoms with Gasteiger partial charge in [-0.15, -0.1) is 0 Å². The first-order valence-electron chi connectivity index (χ1n) is 10.9. The van der Waals surface area contributed by atoms with Gasteiger partial charge in [0, 0.05) is 24.2 Å². The molecule has 1 N–H and O–H groups in total. The number of hydrogen-bond acceptors (Lipinski definition) is 2. The van der Waals surface area contributed by atoms with E-state index in [1.807, 2.05) is 24.4 Å². The van der Waals surface area contributed by atoms with E-state index in [0.717, 1.165) is 29.2 Å². The van der Waals surface area contributed by atoms with E-state index in [2.05, 4.69) is 22.5 Å². The monoisotopic (exact) mass is 390 g/mol. The molecule has 4 heteroatoms. The summed E-state index contributed by atoms with van der Waals surface area (Å²) >= 11 is 0. The lowest BCUT2D eigenvalue weighted by Gasteiger charge is -2.46. The van der Waals surface area contributed by atoms with Crippen LogP contribution in [0.5, 0.6) is 0 Å². The van der Waals surface area contributed by atoms with E-state index in [1.165, 1.54) is 37.8 Å². The SMILES string of the molecule is O=C1C[C@@H]2[C@@H](C=Cc3ccc(-c4cccc(F)c4)cn3)[C@@H]3CCCC[C@H]3C[C@@H]2N1. The summed E-state index contributed by atoms with van der Waals surface area (Å²) in [6, 6.07) is 10.9. The summed E-state index contributed by atoms with van der Waals surface area (Å²) < 4.78 is 13.5. The average molecular weight is 391 g/mol. The molecule has 29 heavy (non-hydrogen) atoms. The van der Waals surface area contributed by atoms with Gasteiger partial charge in [-0.05, 0) is 66.4 Å². The van der Waals surface area contributed by atoms with E-state index in [1.54, 1.807) is 6.07 Å². The number of allylic oxidation sites excluding steroid dienone is 1. The standard InChI is InChI=1S/C25H27FN2O/c26-19-6-3-5-16(12-19)18-8-9-20(27-15-18)10-11-22-21-7-2-1-4-17(21)13-24-23(22)14-25(29)28-24/h3,5-6,8-12,15,17,21-24H,1-2,4,7,13-14H2,(H,28,29)/t17-,21+,22-,23+,24-/m0/s1. The molecule has 0 spiro atoms. The van der Waals surface area contributed by atoms with Crippen LogP contribution < -0.4 is 5.32 Å². The van der Waals surface area contributed by atoms with E-state index in [4.69, 9.17) is 0 Å². The first kappa shape index (κ1) is 18.5. The summed E-state index contributed by atoms with van der Waals surface area (Å²) in [5.74, 6) is 2.28. The van der Waals surface area contributed by atoms with Gasteiger partial charge in [0.1, 0.15) is 5.82 Å². The van der Waals surface area contributed by atoms with Crippen LogP contribution in [0.25, 0.3) is 17.2 Å². The van der Waals surface area contributed by atoms with Gasteiger partial charge in [-0.1, -0.05) is 43.5 Å². The summed E-state index contributed by atoms with van der Waals surface area (Å²) in [6.07, 6.45) is 13.3. The van der Waals surface area contributed by atoms with Gasteiger partial charge < -0.3 is 5.32 Å². The van der Waals surface area contributed by atoms with E-state index in [0.29, 0.717) is 30.2 Å². The molecule has 3 nitrogen and oxygen atoms in total. The van der Waals surface area contributed by atoms with Gasteiger partial charge in [-0.2, -0.15) is 0 Å². The first-order chi connectivity index (χ1) is 14.2. The molecule has 1 amide bonds. The van der Waals surface area contributed by atoms with Crippen molar-refractivity contribution in [3.05, 3.63) is 60.2 Å². The predicted octanol–water partition coefficient (Wildman–Crippen LogP) is 5.23. The van der Waals surface area contributed by atoms with Crippen LogP contribution in [0.3, 0.4) is 0 Å². The molecule has 0 bridgehead atoms. The number of pyridine rings is 1. The molecule has 3 fully saturated rings. The molecule has 5 atom stereocenters. The van der Waals surface area contributed by atoms with Crippen LogP contribution in [0.1, 0.15) is 44.2 Å². The maximum Gasteiger partial charge on any atom is 0.220 e. The highest BCUT2D eigenvalue weighted by Gasteiger charge is 2.47. The van der Waals surface area contributed by atoms with Crippen molar-refractivity contribution in [3.8, 4) is 11.1 Å². The first-order valence-corrected chi connectivity index (χ1v) is 10.9. The predicted molar refractivity (Wildman–Crippen MR) is 112 cm³/mol. The fourth-order valence-corrected chi connectivity index (χ4v) is 5.88. The van der Waals surface area contributed by atoms with Crippen molar-refractivity contribution < 1.29 is 9.18 Å².